The van der Waals surface area contributed by atoms with E-state index < -0.39 is 6.52 Å². The Bertz CT molecular complexity index is 941. The molecule has 2 aliphatic heterocycles. The summed E-state index contributed by atoms with van der Waals surface area (Å²) in [6.45, 7) is 0.389. The van der Waals surface area contributed by atoms with Crippen LogP contribution in [0, 0.1) is 5.82 Å². The van der Waals surface area contributed by atoms with Crippen LogP contribution in [0.1, 0.15) is 13.4 Å². The van der Waals surface area contributed by atoms with E-state index in [0.29, 0.717) is 6.42 Å². The molecule has 2 atom stereocenters. The van der Waals surface area contributed by atoms with Gasteiger partial charge in [0.05, 0.1) is 13.1 Å². The third kappa shape index (κ3) is 2.47. The molecule has 5 rings (SSSR count). The number of H-pyrrole nitrogens is 1. The Kier molecular flexibility index (Phi) is 2.88. The van der Waals surface area contributed by atoms with Gasteiger partial charge in [-0.1, -0.05) is 12.1 Å². The number of hydrogen-bond donors (Lipinski definition) is 2. The molecule has 2 N–H and O–H groups in total. The first-order valence-corrected chi connectivity index (χ1v) is 8.49. The first-order valence-electron chi connectivity index (χ1n) is 9.07. The fourth-order valence-electron chi connectivity index (χ4n) is 3.92. The monoisotopic (exact) mass is 335 g/mol. The lowest BCUT2D eigenvalue weighted by molar-refractivity contribution is 0.537. The van der Waals surface area contributed by atoms with Gasteiger partial charge in [0.2, 0.25) is 0 Å². The highest BCUT2D eigenvalue weighted by Gasteiger charge is 2.42. The number of nitrogens with one attached hydrogen (secondary N) is 2. The standard InChI is InChI=1S/C20H19FN4/c21-17-3-6-19-15(9-17)10-20(24-19)7-8-25(13-20)18-4-1-14(2-5-18)16-11-22-23-12-16/h1-6,9,11-12,24H,7-8,10,13H2,(H,22,23)/i13D. The van der Waals surface area contributed by atoms with Crippen LogP contribution >= 0.6 is 0 Å². The fourth-order valence-corrected chi connectivity index (χ4v) is 3.92. The minimum Gasteiger partial charge on any atom is -0.377 e. The van der Waals surface area contributed by atoms with Crippen LogP contribution in [-0.4, -0.2) is 28.8 Å². The zero-order valence-electron chi connectivity index (χ0n) is 14.7. The number of fused-ring (bicyclic) bond motifs is 1. The summed E-state index contributed by atoms with van der Waals surface area (Å²) in [5.74, 6) is -0.214. The van der Waals surface area contributed by atoms with Gasteiger partial charge in [-0.15, -0.1) is 0 Å². The predicted octanol–water partition coefficient (Wildman–Crippen LogP) is 3.83. The summed E-state index contributed by atoms with van der Waals surface area (Å²) in [4.78, 5) is 2.12. The van der Waals surface area contributed by atoms with Gasteiger partial charge in [0, 0.05) is 36.2 Å². The predicted molar refractivity (Wildman–Crippen MR) is 97.3 cm³/mol. The Hall–Kier alpha value is -2.82. The summed E-state index contributed by atoms with van der Waals surface area (Å²) in [6, 6.07) is 13.1. The normalized spacial score (nSPS) is 25.1. The van der Waals surface area contributed by atoms with E-state index in [4.69, 9.17) is 1.37 Å². The third-order valence-corrected chi connectivity index (χ3v) is 5.19. The number of benzene rings is 2. The highest BCUT2D eigenvalue weighted by atomic mass is 19.1. The van der Waals surface area contributed by atoms with Crippen LogP contribution in [0.25, 0.3) is 11.1 Å². The molecule has 1 saturated heterocycles. The Balaban J connectivity index is 1.39. The van der Waals surface area contributed by atoms with Crippen molar-refractivity contribution in [1.82, 2.24) is 10.2 Å². The molecule has 0 amide bonds. The average molecular weight is 335 g/mol. The maximum absolute atomic E-state index is 13.5. The average Bonchev–Trinajstić information content (AvgIpc) is 3.36. The second-order valence-electron chi connectivity index (χ2n) is 6.87. The van der Waals surface area contributed by atoms with Crippen LogP contribution in [0.5, 0.6) is 0 Å². The summed E-state index contributed by atoms with van der Waals surface area (Å²) in [6.07, 6.45) is 5.22. The fraction of sp³-hybridized carbons (Fsp3) is 0.250. The summed E-state index contributed by atoms with van der Waals surface area (Å²) in [5.41, 5.74) is 4.77. The van der Waals surface area contributed by atoms with Gasteiger partial charge in [0.25, 0.3) is 0 Å². The van der Waals surface area contributed by atoms with Gasteiger partial charge >= 0.3 is 0 Å². The van der Waals surface area contributed by atoms with E-state index in [9.17, 15) is 4.39 Å². The van der Waals surface area contributed by atoms with E-state index in [1.807, 2.05) is 6.20 Å². The number of rotatable bonds is 2. The first kappa shape index (κ1) is 13.5. The molecule has 0 bridgehead atoms. The Labute approximate surface area is 147 Å². The molecule has 126 valence electrons. The van der Waals surface area contributed by atoms with Crippen molar-refractivity contribution < 1.29 is 5.76 Å². The minimum absolute atomic E-state index is 0.214. The van der Waals surface area contributed by atoms with Gasteiger partial charge in [-0.3, -0.25) is 5.10 Å². The van der Waals surface area contributed by atoms with Crippen LogP contribution in [0.15, 0.2) is 54.9 Å². The van der Waals surface area contributed by atoms with Crippen molar-refractivity contribution in [3.63, 3.8) is 0 Å². The van der Waals surface area contributed by atoms with Crippen LogP contribution in [0.2, 0.25) is 0 Å². The van der Waals surface area contributed by atoms with E-state index >= 15 is 0 Å². The number of aromatic nitrogens is 2. The summed E-state index contributed by atoms with van der Waals surface area (Å²) >= 11 is 0. The number of aromatic amines is 1. The van der Waals surface area contributed by atoms with Crippen molar-refractivity contribution in [2.45, 2.75) is 18.4 Å². The molecule has 1 spiro atoms. The highest BCUT2D eigenvalue weighted by Crippen LogP contribution is 2.40. The van der Waals surface area contributed by atoms with E-state index in [2.05, 4.69) is 44.7 Å². The molecule has 2 aliphatic rings. The Morgan fingerprint density at radius 1 is 1.16 bits per heavy atom. The lowest BCUT2D eigenvalue weighted by Crippen LogP contribution is -2.39. The topological polar surface area (TPSA) is 44.0 Å². The molecule has 2 aromatic carbocycles. The van der Waals surface area contributed by atoms with Crippen molar-refractivity contribution >= 4 is 11.4 Å². The van der Waals surface area contributed by atoms with Crippen molar-refractivity contribution in [3.8, 4) is 11.1 Å². The number of hydrogen-bond acceptors (Lipinski definition) is 3. The molecule has 4 nitrogen and oxygen atoms in total. The van der Waals surface area contributed by atoms with Crippen molar-refractivity contribution in [2.75, 3.05) is 23.3 Å². The molecule has 3 aromatic rings. The number of nitrogens with zero attached hydrogens (tertiary/aromatic N) is 2. The van der Waals surface area contributed by atoms with Crippen LogP contribution < -0.4 is 10.2 Å². The molecule has 25 heavy (non-hydrogen) atoms. The first-order chi connectivity index (χ1) is 12.6. The quantitative estimate of drug-likeness (QED) is 0.748. The minimum atomic E-state index is -0.419. The number of halogens is 1. The molecule has 0 radical (unpaired) electrons. The maximum Gasteiger partial charge on any atom is 0.123 e. The van der Waals surface area contributed by atoms with Crippen molar-refractivity contribution in [2.24, 2.45) is 0 Å². The van der Waals surface area contributed by atoms with Gasteiger partial charge in [-0.25, -0.2) is 4.39 Å². The smallest absolute Gasteiger partial charge is 0.123 e. The molecular formula is C20H19FN4. The van der Waals surface area contributed by atoms with Crippen LogP contribution in [-0.2, 0) is 6.42 Å². The van der Waals surface area contributed by atoms with Gasteiger partial charge in [0.1, 0.15) is 5.82 Å². The molecule has 5 heteroatoms. The summed E-state index contributed by atoms with van der Waals surface area (Å²) in [5, 5.41) is 10.3. The molecule has 0 aliphatic carbocycles. The highest BCUT2D eigenvalue weighted by molar-refractivity contribution is 5.66. The lowest BCUT2D eigenvalue weighted by Gasteiger charge is -2.26. The molecule has 1 aromatic heterocycles. The number of anilines is 2. The summed E-state index contributed by atoms with van der Waals surface area (Å²) in [7, 11) is 0. The van der Waals surface area contributed by atoms with E-state index in [0.717, 1.165) is 41.0 Å². The van der Waals surface area contributed by atoms with Crippen molar-refractivity contribution in [3.05, 3.63) is 66.2 Å². The second-order valence-corrected chi connectivity index (χ2v) is 6.87. The summed E-state index contributed by atoms with van der Waals surface area (Å²) < 4.78 is 22.4. The zero-order chi connectivity index (χ0) is 17.7. The van der Waals surface area contributed by atoms with Gasteiger partial charge < -0.3 is 10.2 Å². The second kappa shape index (κ2) is 5.34. The largest absolute Gasteiger partial charge is 0.377 e. The maximum atomic E-state index is 13.5. The third-order valence-electron chi connectivity index (χ3n) is 5.19. The van der Waals surface area contributed by atoms with Gasteiger partial charge in [-0.05, 0) is 54.3 Å². The van der Waals surface area contributed by atoms with E-state index in [1.165, 1.54) is 6.07 Å². The Morgan fingerprint density at radius 2 is 2.04 bits per heavy atom. The Morgan fingerprint density at radius 3 is 2.84 bits per heavy atom. The van der Waals surface area contributed by atoms with Gasteiger partial charge in [-0.2, -0.15) is 5.10 Å². The lowest BCUT2D eigenvalue weighted by atomic mass is 9.94. The zero-order valence-corrected chi connectivity index (χ0v) is 13.7. The van der Waals surface area contributed by atoms with Crippen LogP contribution in [0.3, 0.4) is 0 Å². The SMILES string of the molecule is [2H]C1N(c2ccc(-c3cn[nH]c3)cc2)CCC12Cc1cc(F)ccc1N2. The molecule has 0 saturated carbocycles. The van der Waals surface area contributed by atoms with Crippen LogP contribution in [0.4, 0.5) is 15.8 Å². The molecule has 1 fully saturated rings. The van der Waals surface area contributed by atoms with Crippen molar-refractivity contribution in [1.29, 1.82) is 0 Å². The van der Waals surface area contributed by atoms with E-state index in [1.54, 1.807) is 18.3 Å². The molecule has 2 unspecified atom stereocenters. The molecule has 3 heterocycles. The van der Waals surface area contributed by atoms with E-state index in [-0.39, 0.29) is 11.4 Å². The van der Waals surface area contributed by atoms with Gasteiger partial charge in [0.15, 0.2) is 0 Å². The molecular weight excluding hydrogens is 315 g/mol.